The van der Waals surface area contributed by atoms with Crippen LogP contribution >= 0.6 is 0 Å². The van der Waals surface area contributed by atoms with Crippen LogP contribution in [0.1, 0.15) is 23.8 Å². The second-order valence-corrected chi connectivity index (χ2v) is 4.34. The third kappa shape index (κ3) is 3.12. The number of nitrogens with zero attached hydrogens (tertiary/aromatic N) is 2. The maximum Gasteiger partial charge on any atom is 0.290 e. The van der Waals surface area contributed by atoms with E-state index in [2.05, 4.69) is 10.3 Å². The van der Waals surface area contributed by atoms with Gasteiger partial charge in [0.05, 0.1) is 17.2 Å². The molecule has 0 aliphatic rings. The van der Waals surface area contributed by atoms with Crippen molar-refractivity contribution >= 4 is 11.5 Å². The molecule has 1 unspecified atom stereocenters. The minimum absolute atomic E-state index is 0.00959. The zero-order chi connectivity index (χ0) is 14.5. The summed E-state index contributed by atoms with van der Waals surface area (Å²) in [5, 5.41) is 22.9. The van der Waals surface area contributed by atoms with Gasteiger partial charge < -0.3 is 14.8 Å². The maximum absolute atomic E-state index is 10.7. The van der Waals surface area contributed by atoms with Gasteiger partial charge >= 0.3 is 0 Å². The molecule has 7 nitrogen and oxygen atoms in total. The van der Waals surface area contributed by atoms with Crippen molar-refractivity contribution in [2.24, 2.45) is 0 Å². The van der Waals surface area contributed by atoms with Crippen molar-refractivity contribution in [3.63, 3.8) is 0 Å². The highest BCUT2D eigenvalue weighted by molar-refractivity contribution is 5.47. The molecule has 2 aromatic rings. The SMILES string of the molecule is Cc1cc(NC(CCO)c2ccco2)ncc1[N+](=O)[O-]. The van der Waals surface area contributed by atoms with Gasteiger partial charge in [0.2, 0.25) is 0 Å². The number of nitro groups is 1. The number of nitrogens with one attached hydrogen (secondary N) is 1. The molecule has 0 aromatic carbocycles. The zero-order valence-electron chi connectivity index (χ0n) is 10.9. The molecular weight excluding hydrogens is 262 g/mol. The Morgan fingerprint density at radius 2 is 2.40 bits per heavy atom. The number of aliphatic hydroxyl groups excluding tert-OH is 1. The summed E-state index contributed by atoms with van der Waals surface area (Å²) in [4.78, 5) is 14.3. The smallest absolute Gasteiger partial charge is 0.290 e. The van der Waals surface area contributed by atoms with Crippen LogP contribution in [0, 0.1) is 17.0 Å². The quantitative estimate of drug-likeness (QED) is 0.621. The van der Waals surface area contributed by atoms with Gasteiger partial charge in [-0.3, -0.25) is 10.1 Å². The van der Waals surface area contributed by atoms with E-state index in [4.69, 9.17) is 9.52 Å². The molecule has 7 heteroatoms. The number of hydrogen-bond acceptors (Lipinski definition) is 6. The predicted octanol–water partition coefficient (Wildman–Crippen LogP) is 2.43. The molecule has 20 heavy (non-hydrogen) atoms. The normalized spacial score (nSPS) is 12.1. The Hall–Kier alpha value is -2.41. The van der Waals surface area contributed by atoms with Crippen LogP contribution in [-0.4, -0.2) is 21.6 Å². The molecular formula is C13H15N3O4. The first-order chi connectivity index (χ1) is 9.61. The summed E-state index contributed by atoms with van der Waals surface area (Å²) in [6.45, 7) is 1.64. The second kappa shape index (κ2) is 6.16. The van der Waals surface area contributed by atoms with Gasteiger partial charge in [-0.05, 0) is 31.5 Å². The van der Waals surface area contributed by atoms with Crippen molar-refractivity contribution in [1.82, 2.24) is 4.98 Å². The van der Waals surface area contributed by atoms with E-state index in [9.17, 15) is 10.1 Å². The van der Waals surface area contributed by atoms with Gasteiger partial charge in [0.1, 0.15) is 17.8 Å². The summed E-state index contributed by atoms with van der Waals surface area (Å²) in [5.74, 6) is 1.18. The average Bonchev–Trinajstić information content (AvgIpc) is 2.91. The molecule has 0 saturated carbocycles. The summed E-state index contributed by atoms with van der Waals surface area (Å²) in [6.07, 6.45) is 3.22. The second-order valence-electron chi connectivity index (χ2n) is 4.34. The fraction of sp³-hybridized carbons (Fsp3) is 0.308. The lowest BCUT2D eigenvalue weighted by Gasteiger charge is -2.16. The Kier molecular flexibility index (Phi) is 4.31. The number of aromatic nitrogens is 1. The fourth-order valence-electron chi connectivity index (χ4n) is 1.90. The molecule has 1 atom stereocenters. The Balaban J connectivity index is 2.19. The van der Waals surface area contributed by atoms with E-state index >= 15 is 0 Å². The molecule has 0 saturated heterocycles. The lowest BCUT2D eigenvalue weighted by atomic mass is 10.1. The number of pyridine rings is 1. The molecule has 106 valence electrons. The summed E-state index contributed by atoms with van der Waals surface area (Å²) >= 11 is 0. The molecule has 0 spiro atoms. The van der Waals surface area contributed by atoms with Crippen molar-refractivity contribution < 1.29 is 14.4 Å². The number of hydrogen-bond donors (Lipinski definition) is 2. The Labute approximate surface area is 115 Å². The molecule has 0 amide bonds. The monoisotopic (exact) mass is 277 g/mol. The van der Waals surface area contributed by atoms with Crippen LogP contribution in [0.5, 0.6) is 0 Å². The van der Waals surface area contributed by atoms with Crippen LogP contribution in [0.4, 0.5) is 11.5 Å². The van der Waals surface area contributed by atoms with Crippen molar-refractivity contribution in [1.29, 1.82) is 0 Å². The molecule has 2 N–H and O–H groups in total. The molecule has 0 aliphatic heterocycles. The van der Waals surface area contributed by atoms with E-state index in [1.54, 1.807) is 31.4 Å². The number of aryl methyl sites for hydroxylation is 1. The van der Waals surface area contributed by atoms with Gasteiger partial charge in [0, 0.05) is 12.2 Å². The van der Waals surface area contributed by atoms with E-state index in [1.165, 1.54) is 6.20 Å². The molecule has 2 heterocycles. The molecule has 0 radical (unpaired) electrons. The van der Waals surface area contributed by atoms with Crippen molar-refractivity contribution in [3.8, 4) is 0 Å². The Bertz CT molecular complexity index is 583. The number of furan rings is 1. The average molecular weight is 277 g/mol. The molecule has 2 rings (SSSR count). The first-order valence-corrected chi connectivity index (χ1v) is 6.13. The molecule has 0 bridgehead atoms. The van der Waals surface area contributed by atoms with Crippen molar-refractivity contribution in [3.05, 3.63) is 52.1 Å². The molecule has 2 aromatic heterocycles. The first-order valence-electron chi connectivity index (χ1n) is 6.13. The van der Waals surface area contributed by atoms with Crippen LogP contribution < -0.4 is 5.32 Å². The van der Waals surface area contributed by atoms with Crippen LogP contribution in [0.2, 0.25) is 0 Å². The summed E-state index contributed by atoms with van der Waals surface area (Å²) in [7, 11) is 0. The predicted molar refractivity (Wildman–Crippen MR) is 72.4 cm³/mol. The highest BCUT2D eigenvalue weighted by Crippen LogP contribution is 2.24. The Morgan fingerprint density at radius 1 is 1.60 bits per heavy atom. The minimum atomic E-state index is -0.468. The number of aliphatic hydroxyl groups is 1. The highest BCUT2D eigenvalue weighted by Gasteiger charge is 2.16. The fourth-order valence-corrected chi connectivity index (χ4v) is 1.90. The topological polar surface area (TPSA) is 101 Å². The molecule has 0 aliphatic carbocycles. The number of anilines is 1. The standard InChI is InChI=1S/C13H15N3O4/c1-9-7-13(14-8-11(9)16(18)19)15-10(4-5-17)12-3-2-6-20-12/h2-3,6-8,10,17H,4-5H2,1H3,(H,14,15). The van der Waals surface area contributed by atoms with Gasteiger partial charge in [0.15, 0.2) is 0 Å². The summed E-state index contributed by atoms with van der Waals surface area (Å²) in [6, 6.07) is 4.93. The summed E-state index contributed by atoms with van der Waals surface area (Å²) in [5.41, 5.74) is 0.502. The lowest BCUT2D eigenvalue weighted by Crippen LogP contribution is -2.13. The minimum Gasteiger partial charge on any atom is -0.467 e. The van der Waals surface area contributed by atoms with E-state index in [-0.39, 0.29) is 18.3 Å². The van der Waals surface area contributed by atoms with E-state index < -0.39 is 4.92 Å². The van der Waals surface area contributed by atoms with E-state index in [1.807, 2.05) is 0 Å². The first kappa shape index (κ1) is 14.0. The molecule has 0 fully saturated rings. The van der Waals surface area contributed by atoms with E-state index in [0.717, 1.165) is 0 Å². The van der Waals surface area contributed by atoms with Crippen LogP contribution in [-0.2, 0) is 0 Å². The van der Waals surface area contributed by atoms with Gasteiger partial charge in [-0.25, -0.2) is 4.98 Å². The Morgan fingerprint density at radius 3 is 2.95 bits per heavy atom. The third-order valence-electron chi connectivity index (χ3n) is 2.91. The van der Waals surface area contributed by atoms with Gasteiger partial charge in [-0.1, -0.05) is 0 Å². The van der Waals surface area contributed by atoms with Crippen LogP contribution in [0.25, 0.3) is 0 Å². The van der Waals surface area contributed by atoms with Gasteiger partial charge in [0.25, 0.3) is 5.69 Å². The largest absolute Gasteiger partial charge is 0.467 e. The third-order valence-corrected chi connectivity index (χ3v) is 2.91. The van der Waals surface area contributed by atoms with Crippen molar-refractivity contribution in [2.75, 3.05) is 11.9 Å². The van der Waals surface area contributed by atoms with Crippen LogP contribution in [0.15, 0.2) is 35.1 Å². The van der Waals surface area contributed by atoms with Crippen LogP contribution in [0.3, 0.4) is 0 Å². The van der Waals surface area contributed by atoms with Crippen molar-refractivity contribution in [2.45, 2.75) is 19.4 Å². The summed E-state index contributed by atoms with van der Waals surface area (Å²) < 4.78 is 5.30. The highest BCUT2D eigenvalue weighted by atomic mass is 16.6. The zero-order valence-corrected chi connectivity index (χ0v) is 10.9. The van der Waals surface area contributed by atoms with Gasteiger partial charge in [-0.15, -0.1) is 0 Å². The number of rotatable bonds is 6. The lowest BCUT2D eigenvalue weighted by molar-refractivity contribution is -0.385. The maximum atomic E-state index is 10.7. The van der Waals surface area contributed by atoms with Gasteiger partial charge in [-0.2, -0.15) is 0 Å². The van der Waals surface area contributed by atoms with E-state index in [0.29, 0.717) is 23.6 Å².